The van der Waals surface area contributed by atoms with Gasteiger partial charge in [-0.25, -0.2) is 9.97 Å². The van der Waals surface area contributed by atoms with Crippen LogP contribution in [0.4, 0.5) is 0 Å². The summed E-state index contributed by atoms with van der Waals surface area (Å²) in [7, 11) is 4.03. The third-order valence-corrected chi connectivity index (χ3v) is 25.0. The molecular formula is C92H128N26O18S. The molecule has 3 aromatic carbocycles. The number of benzene rings is 3. The van der Waals surface area contributed by atoms with E-state index >= 15 is 38.4 Å². The number of H-pyrrole nitrogens is 4. The van der Waals surface area contributed by atoms with Gasteiger partial charge < -0.3 is 126 Å². The Balaban J connectivity index is 1.11. The molecule has 0 aliphatic carbocycles. The van der Waals surface area contributed by atoms with Crippen LogP contribution in [0.5, 0.6) is 0 Å². The van der Waals surface area contributed by atoms with Crippen LogP contribution in [-0.4, -0.2) is 304 Å². The molecule has 2 aliphatic rings. The van der Waals surface area contributed by atoms with Crippen LogP contribution >= 0.6 is 11.8 Å². The number of hydrogen-bond donors (Lipinski definition) is 21. The Hall–Kier alpha value is -14.3. The van der Waals surface area contributed by atoms with Crippen LogP contribution in [0.1, 0.15) is 140 Å². The average molecular weight is 1920 g/mol. The van der Waals surface area contributed by atoms with E-state index in [-0.39, 0.29) is 107 Å². The Bertz CT molecular complexity index is 5360. The summed E-state index contributed by atoms with van der Waals surface area (Å²) in [4.78, 5) is 276. The maximum Gasteiger partial charge on any atom is 0.246 e. The molecule has 7 aromatic rings. The van der Waals surface area contributed by atoms with Gasteiger partial charge in [-0.1, -0.05) is 120 Å². The molecular weight excluding hydrogens is 1790 g/mol. The summed E-state index contributed by atoms with van der Waals surface area (Å²) in [6.45, 7) is 6.61. The van der Waals surface area contributed by atoms with Gasteiger partial charge in [0.2, 0.25) is 100 Å². The first-order chi connectivity index (χ1) is 65.5. The summed E-state index contributed by atoms with van der Waals surface area (Å²) in [5.41, 5.74) is 20.2. The number of guanidine groups is 1. The maximum atomic E-state index is 15.9. The number of likely N-dealkylation sites (N-methyl/N-ethyl adjacent to an activating group) is 3. The van der Waals surface area contributed by atoms with Crippen molar-refractivity contribution < 1.29 is 86.6 Å². The SMILES string of the molecule is CCCC[C@H]1C(=O)N(C)[C@@H](CCCC)C(=O)N[C@@H](CC(C)C)C(=O)N[C@H](C(=O)NCC(N)=O)CSCC(=O)N[C@@H](Cc2ccccc2)C(=O)N(C)[C@@H](C)C(=O)N[C@@H](CC(N)=O)C(=O)N2CCC[C@H]2C(=O)N[C@@H](Cc2c[nH]cn2)C(=O)N[C@@H](Cc2c[nH]cn2)C(=O)N[C@@H](CO)C(=O)N[C@@H](Cc2c[nH]c3ccccc23)C(=O)N[C@@H](CCCNC(=N)N)C(=O)N[C@@H](Cc2c[nH]c3ccccc23)C(=O)N1C. The number of hydrogen-bond acceptors (Lipinski definition) is 22. The number of rotatable bonds is 28. The molecule has 0 spiro atoms. The Morgan fingerprint density at radius 2 is 0.993 bits per heavy atom. The van der Waals surface area contributed by atoms with E-state index in [9.17, 15) is 48.3 Å². The van der Waals surface area contributed by atoms with E-state index in [1.54, 1.807) is 105 Å². The second kappa shape index (κ2) is 52.0. The topological polar surface area (TPSA) is 659 Å². The number of fused-ring (bicyclic) bond motifs is 3. The number of imidazole rings is 2. The number of aliphatic hydroxyl groups excluding tert-OH is 1. The standard InChI is InChI=1S/C92H128N26O18S/c1-9-11-29-72-86(131)109-63(34-51(3)4)81(126)114-71(79(124)102-45-76(94)121)47-137-48-77(122)105-67(35-53-22-14-13-15-23-53)88(133)115(6)52(5)78(123)111-69(40-75(93)120)90(135)118-33-21-31-73(118)87(132)110-66(39-57-44-98-50-104-57)83(128)108-65(38-56-43-97-49-103-56)84(129)113-70(46-119)85(130)107-64(36-54-41-100-60-26-18-16-24-58(54)60)82(127)106-62(28-20-32-99-92(95)96)80(125)112-68(37-55-42-101-61-27-19-17-25-59(55)61)89(134)117(8)74(30-12-10-2)91(136)116(72)7/h13-19,22-27,41-44,49-52,62-74,100-101,119H,9-12,20-21,28-40,45-48H2,1-8H3,(H2,93,120)(H2,94,121)(H,97,103)(H,98,104)(H,102,124)(H,105,122)(H,106,127)(H,107,130)(H,108,128)(H,109,131)(H,110,132)(H,111,123)(H,112,125)(H,113,129)(H,114,126)(H4,95,96,99)/t52-,62-,63-,64-,65-,66-,67-,68-,69-,70-,71-,72-,73-,74-/m0/s1. The van der Waals surface area contributed by atoms with E-state index in [0.717, 1.165) is 21.6 Å². The number of nitrogens with two attached hydrogens (primary N) is 3. The molecule has 2 fully saturated rings. The van der Waals surface area contributed by atoms with Gasteiger partial charge in [0.15, 0.2) is 5.96 Å². The highest BCUT2D eigenvalue weighted by Gasteiger charge is 2.44. The van der Waals surface area contributed by atoms with Gasteiger partial charge in [-0.3, -0.25) is 86.9 Å². The van der Waals surface area contributed by atoms with Crippen molar-refractivity contribution >= 4 is 140 Å². The van der Waals surface area contributed by atoms with E-state index in [4.69, 9.17) is 22.6 Å². The summed E-state index contributed by atoms with van der Waals surface area (Å²) in [6.07, 6.45) is 8.09. The molecule has 6 heterocycles. The summed E-state index contributed by atoms with van der Waals surface area (Å²) in [6, 6.07) is 0.844. The molecule has 24 N–H and O–H groups in total. The van der Waals surface area contributed by atoms with Gasteiger partial charge in [-0.2, -0.15) is 0 Å². The zero-order valence-electron chi connectivity index (χ0n) is 78.1. The molecule has 9 rings (SSSR count). The number of para-hydroxylation sites is 2. The number of thioether (sulfide) groups is 1. The molecule has 2 aliphatic heterocycles. The molecule has 2 saturated heterocycles. The maximum absolute atomic E-state index is 15.9. The third-order valence-electron chi connectivity index (χ3n) is 24.0. The fourth-order valence-electron chi connectivity index (χ4n) is 16.4. The molecule has 4 aromatic heterocycles. The summed E-state index contributed by atoms with van der Waals surface area (Å²) in [5, 5.41) is 52.4. The van der Waals surface area contributed by atoms with Crippen LogP contribution < -0.4 is 81.0 Å². The van der Waals surface area contributed by atoms with Crippen molar-refractivity contribution in [3.05, 3.63) is 144 Å². The number of carbonyl (C=O) groups is 17. The van der Waals surface area contributed by atoms with Crippen LogP contribution in [-0.2, 0) is 114 Å². The fourth-order valence-corrected chi connectivity index (χ4v) is 17.2. The molecule has 45 heteroatoms. The van der Waals surface area contributed by atoms with Crippen LogP contribution in [0.3, 0.4) is 0 Å². The monoisotopic (exact) mass is 1920 g/mol. The normalized spacial score (nSPS) is 23.5. The lowest BCUT2D eigenvalue weighted by atomic mass is 9.99. The van der Waals surface area contributed by atoms with E-state index in [2.05, 4.69) is 93.7 Å². The molecule has 0 unspecified atom stereocenters. The van der Waals surface area contributed by atoms with Crippen LogP contribution in [0, 0.1) is 11.3 Å². The predicted molar refractivity (Wildman–Crippen MR) is 506 cm³/mol. The zero-order chi connectivity index (χ0) is 99.7. The summed E-state index contributed by atoms with van der Waals surface area (Å²) in [5.74, 6) is -17.5. The Labute approximate surface area is 796 Å². The molecule has 14 atom stereocenters. The van der Waals surface area contributed by atoms with Crippen LogP contribution in [0.25, 0.3) is 21.8 Å². The smallest absolute Gasteiger partial charge is 0.246 e. The second-order valence-corrected chi connectivity index (χ2v) is 35.7. The Morgan fingerprint density at radius 1 is 0.504 bits per heavy atom. The number of aromatic amines is 4. The lowest BCUT2D eigenvalue weighted by molar-refractivity contribution is -0.149. The number of aliphatic hydroxyl groups is 1. The number of amides is 17. The first-order valence-electron chi connectivity index (χ1n) is 45.8. The molecule has 137 heavy (non-hydrogen) atoms. The van der Waals surface area contributed by atoms with Crippen LogP contribution in [0.15, 0.2) is 116 Å². The first-order valence-corrected chi connectivity index (χ1v) is 47.0. The van der Waals surface area contributed by atoms with Crippen molar-refractivity contribution in [1.29, 1.82) is 5.41 Å². The average Bonchev–Trinajstić information content (AvgIpc) is 1.80. The highest BCUT2D eigenvalue weighted by molar-refractivity contribution is 8.00. The number of unbranched alkanes of at least 4 members (excludes halogenated alkanes) is 2. The lowest BCUT2D eigenvalue weighted by Crippen LogP contribution is -2.62. The van der Waals surface area contributed by atoms with Gasteiger partial charge in [-0.05, 0) is 86.6 Å². The van der Waals surface area contributed by atoms with Crippen molar-refractivity contribution in [2.24, 2.45) is 23.1 Å². The lowest BCUT2D eigenvalue weighted by Gasteiger charge is -2.36. The van der Waals surface area contributed by atoms with Crippen LogP contribution in [0.2, 0.25) is 0 Å². The first kappa shape index (κ1) is 106. The minimum Gasteiger partial charge on any atom is -0.394 e. The minimum atomic E-state index is -1.93. The number of carbonyl (C=O) groups excluding carboxylic acids is 17. The molecule has 0 saturated carbocycles. The van der Waals surface area contributed by atoms with Gasteiger partial charge >= 0.3 is 0 Å². The van der Waals surface area contributed by atoms with E-state index in [1.165, 1.54) is 62.9 Å². The highest BCUT2D eigenvalue weighted by atomic mass is 32.2. The Morgan fingerprint density at radius 3 is 1.55 bits per heavy atom. The number of nitrogens with one attached hydrogen (secondary N) is 17. The largest absolute Gasteiger partial charge is 0.394 e. The second-order valence-electron chi connectivity index (χ2n) is 34.7. The van der Waals surface area contributed by atoms with Crippen molar-refractivity contribution in [3.63, 3.8) is 0 Å². The van der Waals surface area contributed by atoms with Crippen molar-refractivity contribution in [3.8, 4) is 0 Å². The molecule has 17 amide bonds. The molecule has 0 radical (unpaired) electrons. The predicted octanol–water partition coefficient (Wildman–Crippen LogP) is -2.15. The highest BCUT2D eigenvalue weighted by Crippen LogP contribution is 2.27. The van der Waals surface area contributed by atoms with E-state index < -0.39 is 223 Å². The third kappa shape index (κ3) is 30.9. The molecule has 740 valence electrons. The van der Waals surface area contributed by atoms with E-state index in [1.807, 2.05) is 13.8 Å². The van der Waals surface area contributed by atoms with Gasteiger partial charge in [0, 0.05) is 119 Å². The van der Waals surface area contributed by atoms with Gasteiger partial charge in [0.05, 0.1) is 49.4 Å². The number of nitrogens with zero attached hydrogens (tertiary/aromatic N) is 6. The van der Waals surface area contributed by atoms with Gasteiger partial charge in [0.25, 0.3) is 0 Å². The minimum absolute atomic E-state index is 0.0194. The van der Waals surface area contributed by atoms with Crippen molar-refractivity contribution in [1.82, 2.24) is 113 Å². The quantitative estimate of drug-likeness (QED) is 0.0141. The van der Waals surface area contributed by atoms with Crippen molar-refractivity contribution in [2.45, 2.75) is 228 Å². The summed E-state index contributed by atoms with van der Waals surface area (Å²) >= 11 is 0.823. The van der Waals surface area contributed by atoms with Gasteiger partial charge in [0.1, 0.15) is 84.6 Å². The van der Waals surface area contributed by atoms with Crippen molar-refractivity contribution in [2.75, 3.05) is 58.9 Å². The zero-order valence-corrected chi connectivity index (χ0v) is 78.9. The Kier molecular flexibility index (Phi) is 40.4. The van der Waals surface area contributed by atoms with E-state index in [0.29, 0.717) is 64.2 Å². The summed E-state index contributed by atoms with van der Waals surface area (Å²) < 4.78 is 0. The molecule has 0 bridgehead atoms. The number of primary amides is 2. The molecule has 44 nitrogen and oxygen atoms in total. The van der Waals surface area contributed by atoms with Gasteiger partial charge in [-0.15, -0.1) is 11.8 Å². The number of aromatic nitrogens is 6. The fraction of sp³-hybridized carbons (Fsp3) is 0.500.